The SMILES string of the molecule is CC(=O)O[C@H]1CC[C@]2(C)[C@H]3CCC4=C5C(C(C)C)C(=O)C[C@]5(C(=O)N5CCN(C(=O)OC(C)(C)C)CC5)CC[C@@]4(C)[C@]3(C)CC[C@H]2C1(C)C. The summed E-state index contributed by atoms with van der Waals surface area (Å²) >= 11 is 0. The fraction of sp³-hybridized carbons (Fsp3) is 0.854. The van der Waals surface area contributed by atoms with E-state index in [-0.39, 0.29) is 63.4 Å². The number of ketones is 1. The molecule has 0 spiro atoms. The summed E-state index contributed by atoms with van der Waals surface area (Å²) in [5, 5.41) is 0. The Kier molecular flexibility index (Phi) is 8.79. The Morgan fingerprint density at radius 2 is 1.47 bits per heavy atom. The summed E-state index contributed by atoms with van der Waals surface area (Å²) in [4.78, 5) is 57.5. The molecule has 0 N–H and O–H groups in total. The van der Waals surface area contributed by atoms with Gasteiger partial charge in [-0.15, -0.1) is 0 Å². The highest BCUT2D eigenvalue weighted by atomic mass is 16.6. The Balaban J connectivity index is 1.34. The van der Waals surface area contributed by atoms with E-state index in [2.05, 4.69) is 48.5 Å². The fourth-order valence-electron chi connectivity index (χ4n) is 12.9. The number of rotatable bonds is 3. The molecule has 6 rings (SSSR count). The zero-order chi connectivity index (χ0) is 36.1. The van der Waals surface area contributed by atoms with Gasteiger partial charge in [0.05, 0.1) is 5.41 Å². The molecule has 8 nitrogen and oxygen atoms in total. The van der Waals surface area contributed by atoms with Crippen molar-refractivity contribution >= 4 is 23.8 Å². The van der Waals surface area contributed by atoms with Gasteiger partial charge in [0, 0.05) is 50.9 Å². The molecule has 49 heavy (non-hydrogen) atoms. The zero-order valence-electron chi connectivity index (χ0n) is 32.4. The molecule has 1 saturated heterocycles. The van der Waals surface area contributed by atoms with Gasteiger partial charge in [-0.1, -0.05) is 54.0 Å². The number of esters is 1. The van der Waals surface area contributed by atoms with Crippen LogP contribution in [0.4, 0.5) is 4.79 Å². The van der Waals surface area contributed by atoms with E-state index in [0.29, 0.717) is 50.9 Å². The van der Waals surface area contributed by atoms with Gasteiger partial charge in [0.25, 0.3) is 0 Å². The lowest BCUT2D eigenvalue weighted by Gasteiger charge is -2.70. The summed E-state index contributed by atoms with van der Waals surface area (Å²) in [7, 11) is 0. The van der Waals surface area contributed by atoms with Crippen LogP contribution in [0.2, 0.25) is 0 Å². The van der Waals surface area contributed by atoms with E-state index in [9.17, 15) is 19.2 Å². The molecule has 5 fully saturated rings. The summed E-state index contributed by atoms with van der Waals surface area (Å²) < 4.78 is 11.6. The third-order valence-electron chi connectivity index (χ3n) is 15.2. The monoisotopic (exact) mass is 680 g/mol. The number of piperazine rings is 1. The van der Waals surface area contributed by atoms with Crippen LogP contribution in [0.15, 0.2) is 11.1 Å². The van der Waals surface area contributed by atoms with Gasteiger partial charge in [-0.3, -0.25) is 14.4 Å². The van der Waals surface area contributed by atoms with Crippen LogP contribution in [0, 0.1) is 50.7 Å². The predicted molar refractivity (Wildman–Crippen MR) is 189 cm³/mol. The highest BCUT2D eigenvalue weighted by Crippen LogP contribution is 2.76. The van der Waals surface area contributed by atoms with Crippen molar-refractivity contribution in [2.45, 2.75) is 146 Å². The summed E-state index contributed by atoms with van der Waals surface area (Å²) in [6.45, 7) is 25.5. The second kappa shape index (κ2) is 11.8. The van der Waals surface area contributed by atoms with Gasteiger partial charge in [-0.25, -0.2) is 4.79 Å². The van der Waals surface area contributed by atoms with Crippen molar-refractivity contribution < 1.29 is 28.7 Å². The molecule has 0 bridgehead atoms. The van der Waals surface area contributed by atoms with Gasteiger partial charge >= 0.3 is 12.1 Å². The van der Waals surface area contributed by atoms with E-state index < -0.39 is 11.0 Å². The number of allylic oxidation sites excluding steroid dienone is 1. The maximum absolute atomic E-state index is 14.9. The quantitative estimate of drug-likeness (QED) is 0.222. The normalized spacial score (nSPS) is 40.3. The zero-order valence-corrected chi connectivity index (χ0v) is 32.4. The van der Waals surface area contributed by atoms with Crippen molar-refractivity contribution in [3.63, 3.8) is 0 Å². The van der Waals surface area contributed by atoms with Crippen molar-refractivity contribution in [3.8, 4) is 0 Å². The van der Waals surface area contributed by atoms with E-state index in [1.165, 1.54) is 18.1 Å². The molecule has 8 heteroatoms. The van der Waals surface area contributed by atoms with Crippen LogP contribution in [0.3, 0.4) is 0 Å². The fourth-order valence-corrected chi connectivity index (χ4v) is 12.9. The molecule has 6 aliphatic rings. The van der Waals surface area contributed by atoms with Gasteiger partial charge in [0.1, 0.15) is 17.5 Å². The summed E-state index contributed by atoms with van der Waals surface area (Å²) in [6, 6.07) is 0. The van der Waals surface area contributed by atoms with Crippen LogP contribution in [0.1, 0.15) is 134 Å². The Morgan fingerprint density at radius 3 is 2.06 bits per heavy atom. The summed E-state index contributed by atoms with van der Waals surface area (Å²) in [5.74, 6) is 1.05. The third-order valence-corrected chi connectivity index (χ3v) is 15.2. The van der Waals surface area contributed by atoms with Crippen LogP contribution in [-0.4, -0.2) is 71.4 Å². The molecule has 8 atom stereocenters. The van der Waals surface area contributed by atoms with Crippen LogP contribution in [0.5, 0.6) is 0 Å². The van der Waals surface area contributed by atoms with E-state index in [1.807, 2.05) is 25.7 Å². The first-order valence-corrected chi connectivity index (χ1v) is 19.3. The Bertz CT molecular complexity index is 1430. The van der Waals surface area contributed by atoms with Gasteiger partial charge in [-0.2, -0.15) is 0 Å². The smallest absolute Gasteiger partial charge is 0.410 e. The highest BCUT2D eigenvalue weighted by Gasteiger charge is 2.70. The highest BCUT2D eigenvalue weighted by molar-refractivity contribution is 6.00. The average Bonchev–Trinajstić information content (AvgIpc) is 3.31. The van der Waals surface area contributed by atoms with Crippen molar-refractivity contribution in [3.05, 3.63) is 11.1 Å². The minimum atomic E-state index is -0.774. The first kappa shape index (κ1) is 36.4. The minimum absolute atomic E-state index is 0.0462. The van der Waals surface area contributed by atoms with Gasteiger partial charge in [0.2, 0.25) is 5.91 Å². The molecule has 1 heterocycles. The lowest BCUT2D eigenvalue weighted by atomic mass is 9.34. The standard InChI is InChI=1S/C41H64N2O6/c1-25(2)32-28(45)24-41(34(46)42-20-22-43(23-21-42)35(47)49-36(4,5)6)19-18-39(10)27(33(32)41)12-13-30-38(9)16-15-31(48-26(3)44)37(7,8)29(38)14-17-40(30,39)11/h25,29-32H,12-24H2,1-11H3/t29-,30+,31-,32?,38-,39+,40+,41+/m0/s1. The molecule has 1 aliphatic heterocycles. The third kappa shape index (κ3) is 5.41. The second-order valence-corrected chi connectivity index (χ2v) is 19.5. The molecular formula is C41H64N2O6. The summed E-state index contributed by atoms with van der Waals surface area (Å²) in [5.41, 5.74) is 1.27. The topological polar surface area (TPSA) is 93.2 Å². The first-order valence-electron chi connectivity index (χ1n) is 19.3. The maximum Gasteiger partial charge on any atom is 0.410 e. The van der Waals surface area contributed by atoms with E-state index in [0.717, 1.165) is 44.9 Å². The first-order chi connectivity index (χ1) is 22.6. The molecule has 0 aromatic heterocycles. The molecule has 4 saturated carbocycles. The predicted octanol–water partition coefficient (Wildman–Crippen LogP) is 7.98. The Labute approximate surface area is 295 Å². The second-order valence-electron chi connectivity index (χ2n) is 19.5. The molecule has 0 aromatic carbocycles. The average molecular weight is 681 g/mol. The number of carbonyl (C=O) groups excluding carboxylic acids is 4. The Morgan fingerprint density at radius 1 is 0.837 bits per heavy atom. The molecule has 2 amide bonds. The number of hydrogen-bond acceptors (Lipinski definition) is 6. The lowest BCUT2D eigenvalue weighted by Crippen LogP contribution is -2.64. The van der Waals surface area contributed by atoms with Crippen molar-refractivity contribution in [2.24, 2.45) is 50.7 Å². The number of amides is 2. The molecular weight excluding hydrogens is 616 g/mol. The van der Waals surface area contributed by atoms with E-state index in [1.54, 1.807) is 4.90 Å². The number of ether oxygens (including phenoxy) is 2. The maximum atomic E-state index is 14.9. The minimum Gasteiger partial charge on any atom is -0.462 e. The summed E-state index contributed by atoms with van der Waals surface area (Å²) in [6.07, 6.45) is 7.75. The van der Waals surface area contributed by atoms with Crippen LogP contribution in [0.25, 0.3) is 0 Å². The van der Waals surface area contributed by atoms with E-state index in [4.69, 9.17) is 9.47 Å². The molecule has 0 radical (unpaired) electrons. The van der Waals surface area contributed by atoms with Gasteiger partial charge in [0.15, 0.2) is 0 Å². The molecule has 274 valence electrons. The van der Waals surface area contributed by atoms with Gasteiger partial charge in [-0.05, 0) is 112 Å². The van der Waals surface area contributed by atoms with Crippen LogP contribution >= 0.6 is 0 Å². The number of Topliss-reactive ketones (excluding diaryl/α,β-unsaturated/α-hetero) is 1. The molecule has 5 aliphatic carbocycles. The van der Waals surface area contributed by atoms with Gasteiger partial charge < -0.3 is 19.3 Å². The lowest BCUT2D eigenvalue weighted by molar-refractivity contribution is -0.213. The van der Waals surface area contributed by atoms with Crippen molar-refractivity contribution in [1.82, 2.24) is 9.80 Å². The van der Waals surface area contributed by atoms with Crippen LogP contribution < -0.4 is 0 Å². The number of nitrogens with zero attached hydrogens (tertiary/aromatic N) is 2. The van der Waals surface area contributed by atoms with E-state index >= 15 is 0 Å². The van der Waals surface area contributed by atoms with Crippen molar-refractivity contribution in [1.29, 1.82) is 0 Å². The van der Waals surface area contributed by atoms with Crippen LogP contribution in [-0.2, 0) is 23.9 Å². The number of fused-ring (bicyclic) bond motifs is 6. The number of carbonyl (C=O) groups is 4. The Hall–Kier alpha value is -2.38. The molecule has 0 aromatic rings. The molecule has 1 unspecified atom stereocenters. The van der Waals surface area contributed by atoms with Crippen molar-refractivity contribution in [2.75, 3.05) is 26.2 Å². The number of hydrogen-bond donors (Lipinski definition) is 0. The largest absolute Gasteiger partial charge is 0.462 e.